The summed E-state index contributed by atoms with van der Waals surface area (Å²) in [7, 11) is 0. The zero-order valence-electron chi connectivity index (χ0n) is 8.63. The Bertz CT molecular complexity index is 352. The van der Waals surface area contributed by atoms with Crippen LogP contribution in [0.4, 0.5) is 0 Å². The molecule has 0 atom stereocenters. The normalized spacial score (nSPS) is 10.0. The van der Waals surface area contributed by atoms with E-state index >= 15 is 0 Å². The number of amides is 1. The highest BCUT2D eigenvalue weighted by Gasteiger charge is 2.09. The molecule has 1 amide bonds. The molecule has 0 aromatic heterocycles. The fraction of sp³-hybridized carbons (Fsp3) is 0.364. The van der Waals surface area contributed by atoms with Gasteiger partial charge in [-0.1, -0.05) is 29.3 Å². The van der Waals surface area contributed by atoms with E-state index in [1.807, 2.05) is 6.07 Å². The predicted molar refractivity (Wildman–Crippen MR) is 63.1 cm³/mol. The standard InChI is InChI=1S/C11H14BrNO2/c1-2-3-6-15-10-5-4-8(12)7-9(10)11(13)14/h4-5,7H,2-3,6H2,1H3,(H2,13,14). The number of carbonyl (C=O) groups is 1. The van der Waals surface area contributed by atoms with Gasteiger partial charge in [0.1, 0.15) is 5.75 Å². The van der Waals surface area contributed by atoms with Crippen LogP contribution in [0.1, 0.15) is 30.1 Å². The van der Waals surface area contributed by atoms with Gasteiger partial charge in [0, 0.05) is 4.47 Å². The average molecular weight is 272 g/mol. The molecule has 0 bridgehead atoms. The maximum absolute atomic E-state index is 11.1. The Balaban J connectivity index is 2.81. The van der Waals surface area contributed by atoms with Gasteiger partial charge in [-0.2, -0.15) is 0 Å². The van der Waals surface area contributed by atoms with E-state index in [4.69, 9.17) is 10.5 Å². The molecule has 0 fully saturated rings. The first kappa shape index (κ1) is 12.0. The predicted octanol–water partition coefficient (Wildman–Crippen LogP) is 2.73. The van der Waals surface area contributed by atoms with Gasteiger partial charge in [0.2, 0.25) is 0 Å². The van der Waals surface area contributed by atoms with Crippen molar-refractivity contribution in [1.82, 2.24) is 0 Å². The van der Waals surface area contributed by atoms with Gasteiger partial charge in [-0.15, -0.1) is 0 Å². The minimum Gasteiger partial charge on any atom is -0.493 e. The van der Waals surface area contributed by atoms with Crippen LogP contribution in [-0.4, -0.2) is 12.5 Å². The van der Waals surface area contributed by atoms with Crippen molar-refractivity contribution in [2.45, 2.75) is 19.8 Å². The number of hydrogen-bond donors (Lipinski definition) is 1. The molecule has 1 rings (SSSR count). The summed E-state index contributed by atoms with van der Waals surface area (Å²) in [6.07, 6.45) is 2.02. The number of rotatable bonds is 5. The third-order valence-corrected chi connectivity index (χ3v) is 2.46. The van der Waals surface area contributed by atoms with Gasteiger partial charge in [0.15, 0.2) is 0 Å². The Morgan fingerprint density at radius 1 is 1.53 bits per heavy atom. The van der Waals surface area contributed by atoms with Crippen LogP contribution >= 0.6 is 15.9 Å². The van der Waals surface area contributed by atoms with Gasteiger partial charge in [-0.3, -0.25) is 4.79 Å². The molecule has 1 aromatic carbocycles. The highest BCUT2D eigenvalue weighted by Crippen LogP contribution is 2.22. The van der Waals surface area contributed by atoms with Gasteiger partial charge >= 0.3 is 0 Å². The van der Waals surface area contributed by atoms with E-state index in [1.165, 1.54) is 0 Å². The van der Waals surface area contributed by atoms with Gasteiger partial charge in [-0.25, -0.2) is 0 Å². The molecule has 0 aliphatic rings. The zero-order valence-corrected chi connectivity index (χ0v) is 10.2. The second kappa shape index (κ2) is 5.75. The summed E-state index contributed by atoms with van der Waals surface area (Å²) in [5, 5.41) is 0. The van der Waals surface area contributed by atoms with Gasteiger partial charge in [0.05, 0.1) is 12.2 Å². The SMILES string of the molecule is CCCCOc1ccc(Br)cc1C(N)=O. The number of primary amides is 1. The van der Waals surface area contributed by atoms with E-state index in [-0.39, 0.29) is 0 Å². The largest absolute Gasteiger partial charge is 0.493 e. The third kappa shape index (κ3) is 3.55. The molecule has 2 N–H and O–H groups in total. The topological polar surface area (TPSA) is 52.3 Å². The molecule has 0 heterocycles. The number of halogens is 1. The maximum Gasteiger partial charge on any atom is 0.252 e. The Hall–Kier alpha value is -1.03. The second-order valence-corrected chi connectivity index (χ2v) is 4.12. The molecule has 3 nitrogen and oxygen atoms in total. The van der Waals surface area contributed by atoms with E-state index < -0.39 is 5.91 Å². The molecule has 1 aromatic rings. The number of hydrogen-bond acceptors (Lipinski definition) is 2. The number of benzene rings is 1. The van der Waals surface area contributed by atoms with Crippen LogP contribution in [0, 0.1) is 0 Å². The minimum absolute atomic E-state index is 0.417. The Morgan fingerprint density at radius 3 is 2.87 bits per heavy atom. The number of ether oxygens (including phenoxy) is 1. The van der Waals surface area contributed by atoms with E-state index in [1.54, 1.807) is 12.1 Å². The first-order chi connectivity index (χ1) is 7.15. The lowest BCUT2D eigenvalue weighted by molar-refractivity contribution is 0.0996. The minimum atomic E-state index is -0.470. The summed E-state index contributed by atoms with van der Waals surface area (Å²) in [6.45, 7) is 2.69. The number of unbranched alkanes of at least 4 members (excludes halogenated alkanes) is 1. The average Bonchev–Trinajstić information content (AvgIpc) is 2.20. The maximum atomic E-state index is 11.1. The van der Waals surface area contributed by atoms with Crippen molar-refractivity contribution in [3.8, 4) is 5.75 Å². The molecule has 0 radical (unpaired) electrons. The van der Waals surface area contributed by atoms with Gasteiger partial charge < -0.3 is 10.5 Å². The van der Waals surface area contributed by atoms with Crippen LogP contribution < -0.4 is 10.5 Å². The van der Waals surface area contributed by atoms with E-state index in [0.29, 0.717) is 17.9 Å². The van der Waals surface area contributed by atoms with Crippen molar-refractivity contribution in [3.05, 3.63) is 28.2 Å². The van der Waals surface area contributed by atoms with Crippen LogP contribution in [0.15, 0.2) is 22.7 Å². The Morgan fingerprint density at radius 2 is 2.27 bits per heavy atom. The Kier molecular flexibility index (Phi) is 4.62. The van der Waals surface area contributed by atoms with Crippen molar-refractivity contribution >= 4 is 21.8 Å². The van der Waals surface area contributed by atoms with Crippen molar-refractivity contribution in [2.75, 3.05) is 6.61 Å². The van der Waals surface area contributed by atoms with E-state index in [0.717, 1.165) is 17.3 Å². The van der Waals surface area contributed by atoms with Crippen LogP contribution in [-0.2, 0) is 0 Å². The summed E-state index contributed by atoms with van der Waals surface area (Å²) in [6, 6.07) is 5.25. The molecule has 4 heteroatoms. The third-order valence-electron chi connectivity index (χ3n) is 1.96. The fourth-order valence-corrected chi connectivity index (χ4v) is 1.51. The van der Waals surface area contributed by atoms with Gasteiger partial charge in [0.25, 0.3) is 5.91 Å². The van der Waals surface area contributed by atoms with Crippen LogP contribution in [0.25, 0.3) is 0 Å². The molecule has 15 heavy (non-hydrogen) atoms. The van der Waals surface area contributed by atoms with Crippen molar-refractivity contribution in [2.24, 2.45) is 5.73 Å². The van der Waals surface area contributed by atoms with Crippen LogP contribution in [0.3, 0.4) is 0 Å². The number of nitrogens with two attached hydrogens (primary N) is 1. The molecular weight excluding hydrogens is 258 g/mol. The summed E-state index contributed by atoms with van der Waals surface area (Å²) in [5.41, 5.74) is 5.67. The second-order valence-electron chi connectivity index (χ2n) is 3.21. The van der Waals surface area contributed by atoms with Crippen molar-refractivity contribution in [1.29, 1.82) is 0 Å². The van der Waals surface area contributed by atoms with Crippen LogP contribution in [0.2, 0.25) is 0 Å². The molecule has 0 aliphatic heterocycles. The van der Waals surface area contributed by atoms with Crippen molar-refractivity contribution in [3.63, 3.8) is 0 Å². The highest BCUT2D eigenvalue weighted by atomic mass is 79.9. The van der Waals surface area contributed by atoms with Gasteiger partial charge in [-0.05, 0) is 24.6 Å². The first-order valence-corrected chi connectivity index (χ1v) is 5.66. The molecule has 0 spiro atoms. The van der Waals surface area contributed by atoms with Crippen LogP contribution in [0.5, 0.6) is 5.75 Å². The van der Waals surface area contributed by atoms with E-state index in [9.17, 15) is 4.79 Å². The fourth-order valence-electron chi connectivity index (χ4n) is 1.15. The monoisotopic (exact) mass is 271 g/mol. The zero-order chi connectivity index (χ0) is 11.3. The molecule has 0 unspecified atom stereocenters. The highest BCUT2D eigenvalue weighted by molar-refractivity contribution is 9.10. The molecular formula is C11H14BrNO2. The smallest absolute Gasteiger partial charge is 0.252 e. The van der Waals surface area contributed by atoms with E-state index in [2.05, 4.69) is 22.9 Å². The summed E-state index contributed by atoms with van der Waals surface area (Å²) < 4.78 is 6.29. The Labute approximate surface area is 97.7 Å². The van der Waals surface area contributed by atoms with Crippen molar-refractivity contribution < 1.29 is 9.53 Å². The molecule has 82 valence electrons. The lowest BCUT2D eigenvalue weighted by Gasteiger charge is -2.09. The molecule has 0 saturated heterocycles. The number of carbonyl (C=O) groups excluding carboxylic acids is 1. The molecule has 0 aliphatic carbocycles. The quantitative estimate of drug-likeness (QED) is 0.838. The lowest BCUT2D eigenvalue weighted by Crippen LogP contribution is -2.13. The summed E-state index contributed by atoms with van der Waals surface area (Å²) in [5.74, 6) is 0.0851. The molecule has 0 saturated carbocycles. The first-order valence-electron chi connectivity index (χ1n) is 4.87. The summed E-state index contributed by atoms with van der Waals surface area (Å²) in [4.78, 5) is 11.1. The lowest BCUT2D eigenvalue weighted by atomic mass is 10.2. The summed E-state index contributed by atoms with van der Waals surface area (Å²) >= 11 is 3.28.